The van der Waals surface area contributed by atoms with Gasteiger partial charge in [-0.1, -0.05) is 12.8 Å². The van der Waals surface area contributed by atoms with Gasteiger partial charge in [0.05, 0.1) is 31.7 Å². The molecule has 4 aromatic rings. The lowest BCUT2D eigenvalue weighted by molar-refractivity contribution is -0.384. The predicted octanol–water partition coefficient (Wildman–Crippen LogP) is 3.95. The zero-order valence-electron chi connectivity index (χ0n) is 17.5. The molecule has 1 aliphatic carbocycles. The summed E-state index contributed by atoms with van der Waals surface area (Å²) in [6, 6.07) is 7.57. The molecule has 0 spiro atoms. The number of nitro benzene ring substituents is 2. The van der Waals surface area contributed by atoms with E-state index in [0.29, 0.717) is 12.8 Å². The molecule has 2 unspecified atom stereocenters. The van der Waals surface area contributed by atoms with Gasteiger partial charge in [-0.2, -0.15) is 0 Å². The summed E-state index contributed by atoms with van der Waals surface area (Å²) in [7, 11) is 0. The summed E-state index contributed by atoms with van der Waals surface area (Å²) in [5, 5.41) is 22.0. The Balaban J connectivity index is 1.59. The average Bonchev–Trinajstić information content (AvgIpc) is 2.83. The van der Waals surface area contributed by atoms with E-state index in [1.807, 2.05) is 0 Å². The van der Waals surface area contributed by atoms with Gasteiger partial charge in [0.2, 0.25) is 11.8 Å². The average molecular weight is 464 g/mol. The van der Waals surface area contributed by atoms with Crippen LogP contribution in [0, 0.1) is 20.2 Å². The largest absolute Gasteiger partial charge is 0.408 e. The van der Waals surface area contributed by atoms with E-state index in [2.05, 4.69) is 9.97 Å². The molecule has 2 heterocycles. The number of benzene rings is 2. The second-order valence-corrected chi connectivity index (χ2v) is 8.09. The van der Waals surface area contributed by atoms with E-state index in [-0.39, 0.29) is 45.0 Å². The number of hydrogen-bond acceptors (Lipinski definition) is 10. The van der Waals surface area contributed by atoms with E-state index in [4.69, 9.17) is 8.83 Å². The Labute approximate surface area is 189 Å². The summed E-state index contributed by atoms with van der Waals surface area (Å²) < 4.78 is 10.9. The summed E-state index contributed by atoms with van der Waals surface area (Å²) in [5.74, 6) is -0.534. The lowest BCUT2D eigenvalue weighted by Gasteiger charge is -2.28. The van der Waals surface area contributed by atoms with E-state index in [1.54, 1.807) is 0 Å². The first kappa shape index (κ1) is 21.4. The molecule has 5 rings (SSSR count). The molecule has 0 saturated heterocycles. The van der Waals surface area contributed by atoms with Crippen molar-refractivity contribution < 1.29 is 18.7 Å². The summed E-state index contributed by atoms with van der Waals surface area (Å²) in [6.45, 7) is 0. The molecule has 1 saturated carbocycles. The van der Waals surface area contributed by atoms with Crippen molar-refractivity contribution in [3.05, 3.63) is 89.2 Å². The Kier molecular flexibility index (Phi) is 5.11. The Hall–Kier alpha value is -4.48. The maximum Gasteiger partial charge on any atom is 0.347 e. The van der Waals surface area contributed by atoms with Crippen LogP contribution in [0.5, 0.6) is 0 Å². The third-order valence-corrected chi connectivity index (χ3v) is 6.08. The Morgan fingerprint density at radius 1 is 0.735 bits per heavy atom. The number of aromatic nitrogens is 2. The highest BCUT2D eigenvalue weighted by Gasteiger charge is 2.35. The fourth-order valence-corrected chi connectivity index (χ4v) is 4.42. The number of nitro groups is 2. The number of nitrogens with zero attached hydrogens (tertiary/aromatic N) is 4. The summed E-state index contributed by atoms with van der Waals surface area (Å²) >= 11 is 0. The molecule has 0 amide bonds. The number of hydrogen-bond donors (Lipinski definition) is 0. The smallest absolute Gasteiger partial charge is 0.347 e. The molecule has 1 aliphatic rings. The molecule has 12 nitrogen and oxygen atoms in total. The van der Waals surface area contributed by atoms with Gasteiger partial charge in [-0.15, -0.1) is 0 Å². The topological polar surface area (TPSA) is 172 Å². The van der Waals surface area contributed by atoms with Crippen LogP contribution in [0.3, 0.4) is 0 Å². The quantitative estimate of drug-likeness (QED) is 0.318. The standard InChI is InChI=1S/C22H16N4O8/c27-21-15-9-11(25(29)30)5-7-17(15)23-19(33-21)13-3-1-2-4-14(13)20-24-18-8-6-12(26(31)32)10-16(18)22(28)34-20/h5-10,13-14H,1-4H2. The molecule has 2 atom stereocenters. The van der Waals surface area contributed by atoms with Crippen LogP contribution in [-0.4, -0.2) is 19.8 Å². The SMILES string of the molecule is O=c1oc(C2CCCCC2c2nc3ccc([N+](=O)[O-])cc3c(=O)o2)nc2ccc([N+](=O)[O-])cc12. The van der Waals surface area contributed by atoms with Crippen molar-refractivity contribution >= 4 is 33.2 Å². The van der Waals surface area contributed by atoms with Gasteiger partial charge in [-0.05, 0) is 25.0 Å². The van der Waals surface area contributed by atoms with Crippen LogP contribution in [-0.2, 0) is 0 Å². The van der Waals surface area contributed by atoms with Crippen LogP contribution in [0.15, 0.2) is 54.8 Å². The number of rotatable bonds is 4. The van der Waals surface area contributed by atoms with Gasteiger partial charge in [0.15, 0.2) is 0 Å². The maximum absolute atomic E-state index is 12.6. The minimum absolute atomic E-state index is 0.00210. The van der Waals surface area contributed by atoms with Crippen molar-refractivity contribution in [1.29, 1.82) is 0 Å². The van der Waals surface area contributed by atoms with Gasteiger partial charge in [0.1, 0.15) is 0 Å². The van der Waals surface area contributed by atoms with Crippen molar-refractivity contribution in [3.8, 4) is 0 Å². The van der Waals surface area contributed by atoms with E-state index in [1.165, 1.54) is 24.3 Å². The van der Waals surface area contributed by atoms with Gasteiger partial charge < -0.3 is 8.83 Å². The lowest BCUT2D eigenvalue weighted by atomic mass is 9.79. The van der Waals surface area contributed by atoms with E-state index in [9.17, 15) is 29.8 Å². The number of non-ortho nitro benzene ring substituents is 2. The third-order valence-electron chi connectivity index (χ3n) is 6.08. The van der Waals surface area contributed by atoms with Crippen molar-refractivity contribution in [2.75, 3.05) is 0 Å². The molecule has 172 valence electrons. The molecular formula is C22H16N4O8. The van der Waals surface area contributed by atoms with Crippen molar-refractivity contribution in [1.82, 2.24) is 9.97 Å². The van der Waals surface area contributed by atoms with Crippen LogP contribution in [0.25, 0.3) is 21.8 Å². The van der Waals surface area contributed by atoms with Crippen molar-refractivity contribution in [3.63, 3.8) is 0 Å². The fraction of sp³-hybridized carbons (Fsp3) is 0.273. The van der Waals surface area contributed by atoms with Gasteiger partial charge in [0.25, 0.3) is 11.4 Å². The molecule has 1 fully saturated rings. The van der Waals surface area contributed by atoms with E-state index in [0.717, 1.165) is 25.0 Å². The highest BCUT2D eigenvalue weighted by atomic mass is 16.6. The van der Waals surface area contributed by atoms with Gasteiger partial charge in [-0.3, -0.25) is 20.2 Å². The minimum Gasteiger partial charge on any atom is -0.408 e. The second-order valence-electron chi connectivity index (χ2n) is 8.09. The molecule has 0 radical (unpaired) electrons. The second kappa shape index (κ2) is 8.14. The Morgan fingerprint density at radius 2 is 1.15 bits per heavy atom. The zero-order valence-corrected chi connectivity index (χ0v) is 17.5. The molecule has 34 heavy (non-hydrogen) atoms. The number of fused-ring (bicyclic) bond motifs is 2. The monoisotopic (exact) mass is 464 g/mol. The molecule has 2 aromatic heterocycles. The highest BCUT2D eigenvalue weighted by molar-refractivity contribution is 5.80. The predicted molar refractivity (Wildman–Crippen MR) is 118 cm³/mol. The van der Waals surface area contributed by atoms with E-state index < -0.39 is 32.9 Å². The molecule has 2 aromatic carbocycles. The summed E-state index contributed by atoms with van der Waals surface area (Å²) in [5.41, 5.74) is -1.44. The molecular weight excluding hydrogens is 448 g/mol. The molecule has 12 heteroatoms. The van der Waals surface area contributed by atoms with Crippen LogP contribution >= 0.6 is 0 Å². The fourth-order valence-electron chi connectivity index (χ4n) is 4.42. The molecule has 0 bridgehead atoms. The first-order chi connectivity index (χ1) is 16.3. The Morgan fingerprint density at radius 3 is 1.53 bits per heavy atom. The molecule has 0 N–H and O–H groups in total. The normalized spacial score (nSPS) is 18.2. The van der Waals surface area contributed by atoms with Crippen LogP contribution in [0.4, 0.5) is 11.4 Å². The van der Waals surface area contributed by atoms with Crippen molar-refractivity contribution in [2.24, 2.45) is 0 Å². The maximum atomic E-state index is 12.6. The minimum atomic E-state index is -0.742. The Bertz CT molecular complexity index is 1470. The third kappa shape index (κ3) is 3.68. The van der Waals surface area contributed by atoms with Gasteiger partial charge in [-0.25, -0.2) is 19.6 Å². The molecule has 0 aliphatic heterocycles. The first-order valence-corrected chi connectivity index (χ1v) is 10.5. The van der Waals surface area contributed by atoms with Gasteiger partial charge >= 0.3 is 11.3 Å². The first-order valence-electron chi connectivity index (χ1n) is 10.5. The highest BCUT2D eigenvalue weighted by Crippen LogP contribution is 2.43. The van der Waals surface area contributed by atoms with Crippen LogP contribution in [0.1, 0.15) is 49.3 Å². The van der Waals surface area contributed by atoms with Crippen molar-refractivity contribution in [2.45, 2.75) is 37.5 Å². The summed E-state index contributed by atoms with van der Waals surface area (Å²) in [6.07, 6.45) is 2.86. The van der Waals surface area contributed by atoms with E-state index >= 15 is 0 Å². The summed E-state index contributed by atoms with van der Waals surface area (Å²) in [4.78, 5) is 54.9. The van der Waals surface area contributed by atoms with Crippen LogP contribution in [0.2, 0.25) is 0 Å². The lowest BCUT2D eigenvalue weighted by Crippen LogP contribution is -2.21. The zero-order chi connectivity index (χ0) is 24.0. The van der Waals surface area contributed by atoms with Gasteiger partial charge in [0, 0.05) is 36.1 Å². The van der Waals surface area contributed by atoms with Crippen LogP contribution < -0.4 is 11.3 Å².